The predicted molar refractivity (Wildman–Crippen MR) is 56.1 cm³/mol. The summed E-state index contributed by atoms with van der Waals surface area (Å²) in [4.78, 5) is 0. The summed E-state index contributed by atoms with van der Waals surface area (Å²) >= 11 is 6.13. The third-order valence-corrected chi connectivity index (χ3v) is 3.18. The lowest BCUT2D eigenvalue weighted by molar-refractivity contribution is 0.569. The van der Waals surface area contributed by atoms with E-state index in [1.54, 1.807) is 0 Å². The van der Waals surface area contributed by atoms with Crippen LogP contribution in [0.25, 0.3) is 0 Å². The Morgan fingerprint density at radius 2 is 2.23 bits per heavy atom. The molecule has 0 aromatic heterocycles. The van der Waals surface area contributed by atoms with Crippen LogP contribution in [0.2, 0.25) is 5.02 Å². The van der Waals surface area contributed by atoms with Crippen LogP contribution in [-0.2, 0) is 6.42 Å². The van der Waals surface area contributed by atoms with Gasteiger partial charge in [-0.2, -0.15) is 0 Å². The Hall–Kier alpha value is -0.530. The Morgan fingerprint density at radius 1 is 1.46 bits per heavy atom. The van der Waals surface area contributed by atoms with Crippen LogP contribution in [0.1, 0.15) is 35.6 Å². The van der Waals surface area contributed by atoms with E-state index in [1.165, 1.54) is 23.1 Å². The van der Waals surface area contributed by atoms with E-state index in [2.05, 4.69) is 13.0 Å². The second-order valence-electron chi connectivity index (χ2n) is 3.76. The summed E-state index contributed by atoms with van der Waals surface area (Å²) in [5.41, 5.74) is 9.93. The maximum absolute atomic E-state index is 6.13. The third-order valence-electron chi connectivity index (χ3n) is 2.85. The maximum atomic E-state index is 6.13. The molecular formula is C11H14ClN. The van der Waals surface area contributed by atoms with E-state index in [4.69, 9.17) is 17.3 Å². The van der Waals surface area contributed by atoms with E-state index >= 15 is 0 Å². The summed E-state index contributed by atoms with van der Waals surface area (Å²) in [7, 11) is 0. The topological polar surface area (TPSA) is 26.0 Å². The molecule has 1 aliphatic rings. The summed E-state index contributed by atoms with van der Waals surface area (Å²) in [5, 5.41) is 0.841. The van der Waals surface area contributed by atoms with Gasteiger partial charge in [0.05, 0.1) is 0 Å². The average Bonchev–Trinajstić information content (AvgIpc) is 2.12. The number of aryl methyl sites for hydroxylation is 1. The lowest BCUT2D eigenvalue weighted by Gasteiger charge is -2.24. The average molecular weight is 196 g/mol. The fourth-order valence-corrected chi connectivity index (χ4v) is 2.44. The van der Waals surface area contributed by atoms with Gasteiger partial charge in [0, 0.05) is 11.1 Å². The van der Waals surface area contributed by atoms with Crippen LogP contribution < -0.4 is 5.73 Å². The standard InChI is InChI=1S/C11H14ClN/c1-7-5-6-9(12)11-8(7)3-2-4-10(11)13/h5-6,10H,2-4,13H2,1H3/t10-/m1/s1. The molecule has 1 aliphatic carbocycles. The van der Waals surface area contributed by atoms with Gasteiger partial charge < -0.3 is 5.73 Å². The number of halogens is 1. The summed E-state index contributed by atoms with van der Waals surface area (Å²) in [6, 6.07) is 4.19. The fourth-order valence-electron chi connectivity index (χ4n) is 2.12. The van der Waals surface area contributed by atoms with Crippen molar-refractivity contribution in [3.63, 3.8) is 0 Å². The highest BCUT2D eigenvalue weighted by Crippen LogP contribution is 2.35. The van der Waals surface area contributed by atoms with Crippen molar-refractivity contribution in [1.29, 1.82) is 0 Å². The van der Waals surface area contributed by atoms with Gasteiger partial charge in [0.15, 0.2) is 0 Å². The monoisotopic (exact) mass is 195 g/mol. The number of rotatable bonds is 0. The number of nitrogens with two attached hydrogens (primary N) is 1. The summed E-state index contributed by atoms with van der Waals surface area (Å²) in [6.45, 7) is 2.13. The first kappa shape index (κ1) is 9.04. The first-order chi connectivity index (χ1) is 6.20. The van der Waals surface area contributed by atoms with Crippen LogP contribution in [0.3, 0.4) is 0 Å². The van der Waals surface area contributed by atoms with Crippen LogP contribution in [-0.4, -0.2) is 0 Å². The van der Waals surface area contributed by atoms with Crippen molar-refractivity contribution in [1.82, 2.24) is 0 Å². The first-order valence-electron chi connectivity index (χ1n) is 4.73. The Labute approximate surface area is 83.9 Å². The zero-order chi connectivity index (χ0) is 9.42. The lowest BCUT2D eigenvalue weighted by atomic mass is 9.85. The maximum Gasteiger partial charge on any atom is 0.0456 e. The van der Waals surface area contributed by atoms with Gasteiger partial charge in [0.1, 0.15) is 0 Å². The van der Waals surface area contributed by atoms with E-state index in [1.807, 2.05) is 6.07 Å². The first-order valence-corrected chi connectivity index (χ1v) is 5.11. The molecule has 1 nitrogen and oxygen atoms in total. The van der Waals surface area contributed by atoms with Gasteiger partial charge in [-0.15, -0.1) is 0 Å². The minimum atomic E-state index is 0.149. The van der Waals surface area contributed by atoms with Crippen molar-refractivity contribution in [2.75, 3.05) is 0 Å². The van der Waals surface area contributed by atoms with E-state index < -0.39 is 0 Å². The zero-order valence-electron chi connectivity index (χ0n) is 7.81. The molecule has 70 valence electrons. The van der Waals surface area contributed by atoms with Gasteiger partial charge in [0.25, 0.3) is 0 Å². The van der Waals surface area contributed by atoms with Gasteiger partial charge in [0.2, 0.25) is 0 Å². The molecule has 0 heterocycles. The molecule has 0 bridgehead atoms. The van der Waals surface area contributed by atoms with Gasteiger partial charge in [-0.25, -0.2) is 0 Å². The van der Waals surface area contributed by atoms with Gasteiger partial charge in [-0.05, 0) is 48.9 Å². The number of benzene rings is 1. The van der Waals surface area contributed by atoms with Crippen LogP contribution in [0.15, 0.2) is 12.1 Å². The highest BCUT2D eigenvalue weighted by Gasteiger charge is 2.20. The Morgan fingerprint density at radius 3 is 2.92 bits per heavy atom. The van der Waals surface area contributed by atoms with Crippen LogP contribution in [0.4, 0.5) is 0 Å². The fraction of sp³-hybridized carbons (Fsp3) is 0.455. The summed E-state index contributed by atoms with van der Waals surface area (Å²) < 4.78 is 0. The highest BCUT2D eigenvalue weighted by atomic mass is 35.5. The van der Waals surface area contributed by atoms with Gasteiger partial charge in [-0.3, -0.25) is 0 Å². The molecule has 1 aromatic rings. The summed E-state index contributed by atoms with van der Waals surface area (Å²) in [5.74, 6) is 0. The molecule has 0 fully saturated rings. The molecule has 2 heteroatoms. The Bertz CT molecular complexity index is 333. The van der Waals surface area contributed by atoms with Crippen molar-refractivity contribution in [3.8, 4) is 0 Å². The quantitative estimate of drug-likeness (QED) is 0.677. The Balaban J connectivity index is 2.60. The van der Waals surface area contributed by atoms with Gasteiger partial charge >= 0.3 is 0 Å². The Kier molecular flexibility index (Phi) is 2.31. The minimum Gasteiger partial charge on any atom is -0.324 e. The normalized spacial score (nSPS) is 21.3. The second-order valence-corrected chi connectivity index (χ2v) is 4.16. The zero-order valence-corrected chi connectivity index (χ0v) is 8.56. The molecule has 0 saturated carbocycles. The largest absolute Gasteiger partial charge is 0.324 e. The molecule has 0 radical (unpaired) electrons. The number of fused-ring (bicyclic) bond motifs is 1. The molecule has 1 aromatic carbocycles. The van der Waals surface area contributed by atoms with Crippen LogP contribution >= 0.6 is 11.6 Å². The van der Waals surface area contributed by atoms with Crippen molar-refractivity contribution >= 4 is 11.6 Å². The van der Waals surface area contributed by atoms with Crippen molar-refractivity contribution in [2.24, 2.45) is 5.73 Å². The molecule has 0 amide bonds. The van der Waals surface area contributed by atoms with E-state index in [0.717, 1.165) is 17.9 Å². The van der Waals surface area contributed by atoms with E-state index in [0.29, 0.717) is 0 Å². The van der Waals surface area contributed by atoms with Gasteiger partial charge in [-0.1, -0.05) is 17.7 Å². The smallest absolute Gasteiger partial charge is 0.0456 e. The second kappa shape index (κ2) is 3.32. The summed E-state index contributed by atoms with van der Waals surface area (Å²) in [6.07, 6.45) is 3.39. The molecule has 0 spiro atoms. The molecule has 0 aliphatic heterocycles. The lowest BCUT2D eigenvalue weighted by Crippen LogP contribution is -2.18. The molecular weight excluding hydrogens is 182 g/mol. The van der Waals surface area contributed by atoms with E-state index in [-0.39, 0.29) is 6.04 Å². The van der Waals surface area contributed by atoms with Crippen molar-refractivity contribution in [3.05, 3.63) is 33.8 Å². The molecule has 2 rings (SSSR count). The van der Waals surface area contributed by atoms with Crippen molar-refractivity contribution in [2.45, 2.75) is 32.2 Å². The number of hydrogen-bond donors (Lipinski definition) is 1. The minimum absolute atomic E-state index is 0.149. The number of hydrogen-bond acceptors (Lipinski definition) is 1. The van der Waals surface area contributed by atoms with E-state index in [9.17, 15) is 0 Å². The highest BCUT2D eigenvalue weighted by molar-refractivity contribution is 6.31. The molecule has 0 unspecified atom stereocenters. The van der Waals surface area contributed by atoms with Crippen molar-refractivity contribution < 1.29 is 0 Å². The molecule has 0 saturated heterocycles. The molecule has 1 atom stereocenters. The molecule has 13 heavy (non-hydrogen) atoms. The SMILES string of the molecule is Cc1ccc(Cl)c2c1CCC[C@H]2N. The van der Waals surface area contributed by atoms with Crippen LogP contribution in [0, 0.1) is 6.92 Å². The van der Waals surface area contributed by atoms with Crippen LogP contribution in [0.5, 0.6) is 0 Å². The predicted octanol–water partition coefficient (Wildman–Crippen LogP) is 2.98. The third kappa shape index (κ3) is 1.47. The molecule has 2 N–H and O–H groups in total.